The third-order valence-corrected chi connectivity index (χ3v) is 7.71. The van der Waals surface area contributed by atoms with E-state index in [-0.39, 0.29) is 36.2 Å². The summed E-state index contributed by atoms with van der Waals surface area (Å²) in [7, 11) is -3.69. The second kappa shape index (κ2) is 7.10. The number of fused-ring (bicyclic) bond motifs is 2. The molecular formula is C21H21N3O5S. The quantitative estimate of drug-likeness (QED) is 0.789. The topological polar surface area (TPSA) is 96.0 Å². The highest BCUT2D eigenvalue weighted by molar-refractivity contribution is 7.89. The number of piperazine rings is 1. The van der Waals surface area contributed by atoms with Gasteiger partial charge in [0, 0.05) is 38.3 Å². The fourth-order valence-electron chi connectivity index (χ4n) is 4.19. The van der Waals surface area contributed by atoms with Crippen molar-refractivity contribution in [1.29, 1.82) is 0 Å². The van der Waals surface area contributed by atoms with Crippen LogP contribution in [0.3, 0.4) is 0 Å². The van der Waals surface area contributed by atoms with Gasteiger partial charge in [0.05, 0.1) is 11.3 Å². The molecule has 1 N–H and O–H groups in total. The number of rotatable bonds is 3. The number of ether oxygens (including phenoxy) is 1. The molecule has 156 valence electrons. The van der Waals surface area contributed by atoms with E-state index >= 15 is 0 Å². The number of amides is 2. The number of nitrogens with zero attached hydrogens (tertiary/aromatic N) is 2. The Bertz CT molecular complexity index is 1110. The first kappa shape index (κ1) is 19.1. The summed E-state index contributed by atoms with van der Waals surface area (Å²) in [4.78, 5) is 26.2. The largest absolute Gasteiger partial charge is 0.480 e. The van der Waals surface area contributed by atoms with Gasteiger partial charge >= 0.3 is 0 Å². The van der Waals surface area contributed by atoms with Crippen molar-refractivity contribution in [3.8, 4) is 5.75 Å². The Morgan fingerprint density at radius 3 is 2.57 bits per heavy atom. The Balaban J connectivity index is 1.24. The SMILES string of the molecule is O=C1Cc2cc(S(=O)(=O)N3CCN(C(=O)C4Cc5ccccc5O4)CC3)ccc2N1. The highest BCUT2D eigenvalue weighted by Crippen LogP contribution is 2.30. The van der Waals surface area contributed by atoms with Crippen LogP contribution in [0.15, 0.2) is 47.4 Å². The Morgan fingerprint density at radius 2 is 1.80 bits per heavy atom. The van der Waals surface area contributed by atoms with Crippen LogP contribution < -0.4 is 10.1 Å². The van der Waals surface area contributed by atoms with Gasteiger partial charge in [-0.3, -0.25) is 9.59 Å². The molecule has 1 unspecified atom stereocenters. The van der Waals surface area contributed by atoms with E-state index in [0.29, 0.717) is 30.8 Å². The number of carbonyl (C=O) groups is 2. The van der Waals surface area contributed by atoms with E-state index in [9.17, 15) is 18.0 Å². The number of nitrogens with one attached hydrogen (secondary N) is 1. The number of hydrogen-bond acceptors (Lipinski definition) is 5. The maximum atomic E-state index is 13.0. The average Bonchev–Trinajstić information content (AvgIpc) is 3.35. The van der Waals surface area contributed by atoms with Crippen molar-refractivity contribution >= 4 is 27.5 Å². The molecule has 2 aromatic rings. The van der Waals surface area contributed by atoms with E-state index in [1.807, 2.05) is 24.3 Å². The number of carbonyl (C=O) groups excluding carboxylic acids is 2. The number of sulfonamides is 1. The molecule has 30 heavy (non-hydrogen) atoms. The third-order valence-electron chi connectivity index (χ3n) is 5.81. The summed E-state index contributed by atoms with van der Waals surface area (Å²) in [5.41, 5.74) is 2.36. The van der Waals surface area contributed by atoms with Crippen molar-refractivity contribution in [2.24, 2.45) is 0 Å². The minimum atomic E-state index is -3.69. The van der Waals surface area contributed by atoms with Gasteiger partial charge in [-0.05, 0) is 35.4 Å². The van der Waals surface area contributed by atoms with E-state index in [2.05, 4.69) is 5.32 Å². The summed E-state index contributed by atoms with van der Waals surface area (Å²) < 4.78 is 33.3. The summed E-state index contributed by atoms with van der Waals surface area (Å²) in [6.45, 7) is 1.09. The van der Waals surface area contributed by atoms with Gasteiger partial charge in [0.15, 0.2) is 6.10 Å². The number of anilines is 1. The summed E-state index contributed by atoms with van der Waals surface area (Å²) in [6.07, 6.45) is 0.174. The van der Waals surface area contributed by atoms with Gasteiger partial charge in [-0.1, -0.05) is 18.2 Å². The van der Waals surface area contributed by atoms with Crippen molar-refractivity contribution in [3.05, 3.63) is 53.6 Å². The maximum absolute atomic E-state index is 13.0. The zero-order valence-corrected chi connectivity index (χ0v) is 17.0. The first-order valence-corrected chi connectivity index (χ1v) is 11.3. The molecule has 0 bridgehead atoms. The number of benzene rings is 2. The molecule has 3 heterocycles. The minimum Gasteiger partial charge on any atom is -0.480 e. The van der Waals surface area contributed by atoms with Crippen molar-refractivity contribution in [2.45, 2.75) is 23.8 Å². The molecule has 0 aliphatic carbocycles. The van der Waals surface area contributed by atoms with E-state index in [4.69, 9.17) is 4.74 Å². The lowest BCUT2D eigenvalue weighted by atomic mass is 10.1. The molecule has 5 rings (SSSR count). The molecule has 3 aliphatic rings. The Labute approximate surface area is 174 Å². The lowest BCUT2D eigenvalue weighted by Crippen LogP contribution is -2.53. The maximum Gasteiger partial charge on any atom is 0.264 e. The predicted molar refractivity (Wildman–Crippen MR) is 109 cm³/mol. The first-order chi connectivity index (χ1) is 14.4. The second-order valence-electron chi connectivity index (χ2n) is 7.69. The lowest BCUT2D eigenvalue weighted by molar-refractivity contribution is -0.139. The molecule has 2 aromatic carbocycles. The van der Waals surface area contributed by atoms with Crippen LogP contribution in [0.5, 0.6) is 5.75 Å². The molecule has 0 spiro atoms. The van der Waals surface area contributed by atoms with Gasteiger partial charge < -0.3 is 15.0 Å². The van der Waals surface area contributed by atoms with Crippen molar-refractivity contribution < 1.29 is 22.7 Å². The Hall–Kier alpha value is -2.91. The summed E-state index contributed by atoms with van der Waals surface area (Å²) in [5, 5.41) is 2.70. The number of hydrogen-bond donors (Lipinski definition) is 1. The van der Waals surface area contributed by atoms with Crippen molar-refractivity contribution in [3.63, 3.8) is 0 Å². The molecular weight excluding hydrogens is 406 g/mol. The van der Waals surface area contributed by atoms with Gasteiger partial charge in [-0.25, -0.2) is 8.42 Å². The van der Waals surface area contributed by atoms with Crippen molar-refractivity contribution in [2.75, 3.05) is 31.5 Å². The lowest BCUT2D eigenvalue weighted by Gasteiger charge is -2.35. The predicted octanol–water partition coefficient (Wildman–Crippen LogP) is 1.02. The molecule has 1 atom stereocenters. The van der Waals surface area contributed by atoms with Crippen LogP contribution >= 0.6 is 0 Å². The molecule has 9 heteroatoms. The van der Waals surface area contributed by atoms with Crippen molar-refractivity contribution in [1.82, 2.24) is 9.21 Å². The minimum absolute atomic E-state index is 0.106. The van der Waals surface area contributed by atoms with Crippen LogP contribution in [0.2, 0.25) is 0 Å². The van der Waals surface area contributed by atoms with Gasteiger partial charge in [0.2, 0.25) is 15.9 Å². The van der Waals surface area contributed by atoms with E-state index < -0.39 is 16.1 Å². The van der Waals surface area contributed by atoms with Crippen LogP contribution in [0.25, 0.3) is 0 Å². The van der Waals surface area contributed by atoms with Gasteiger partial charge in [0.1, 0.15) is 5.75 Å². The van der Waals surface area contributed by atoms with Crippen LogP contribution in [-0.2, 0) is 32.5 Å². The fraction of sp³-hybridized carbons (Fsp3) is 0.333. The molecule has 0 radical (unpaired) electrons. The molecule has 1 fully saturated rings. The normalized spacial score (nSPS) is 21.0. The molecule has 8 nitrogen and oxygen atoms in total. The molecule has 0 saturated carbocycles. The molecule has 0 aromatic heterocycles. The summed E-state index contributed by atoms with van der Waals surface area (Å²) in [6, 6.07) is 12.3. The van der Waals surface area contributed by atoms with Gasteiger partial charge in [-0.15, -0.1) is 0 Å². The zero-order valence-electron chi connectivity index (χ0n) is 16.2. The molecule has 2 amide bonds. The van der Waals surface area contributed by atoms with Crippen LogP contribution in [-0.4, -0.2) is 61.7 Å². The first-order valence-electron chi connectivity index (χ1n) is 9.88. The molecule has 3 aliphatic heterocycles. The van der Waals surface area contributed by atoms with Crippen LogP contribution in [0, 0.1) is 0 Å². The van der Waals surface area contributed by atoms with E-state index in [0.717, 1.165) is 11.3 Å². The summed E-state index contributed by atoms with van der Waals surface area (Å²) in [5.74, 6) is 0.495. The average molecular weight is 427 g/mol. The van der Waals surface area contributed by atoms with E-state index in [1.54, 1.807) is 17.0 Å². The summed E-state index contributed by atoms with van der Waals surface area (Å²) >= 11 is 0. The van der Waals surface area contributed by atoms with Gasteiger partial charge in [-0.2, -0.15) is 4.31 Å². The Kier molecular flexibility index (Phi) is 4.52. The highest BCUT2D eigenvalue weighted by atomic mass is 32.2. The van der Waals surface area contributed by atoms with E-state index in [1.165, 1.54) is 10.4 Å². The highest BCUT2D eigenvalue weighted by Gasteiger charge is 2.36. The monoisotopic (exact) mass is 427 g/mol. The standard InChI is InChI=1S/C21H21N3O5S/c25-20-13-15-11-16(5-6-17(15)22-20)30(27,28)24-9-7-23(8-10-24)21(26)19-12-14-3-1-2-4-18(14)29-19/h1-6,11,19H,7-10,12-13H2,(H,22,25). The molecule has 1 saturated heterocycles. The Morgan fingerprint density at radius 1 is 1.03 bits per heavy atom. The third kappa shape index (κ3) is 3.23. The van der Waals surface area contributed by atoms with Crippen LogP contribution in [0.4, 0.5) is 5.69 Å². The van der Waals surface area contributed by atoms with Gasteiger partial charge in [0.25, 0.3) is 5.91 Å². The number of para-hydroxylation sites is 1. The smallest absolute Gasteiger partial charge is 0.264 e. The van der Waals surface area contributed by atoms with Crippen LogP contribution in [0.1, 0.15) is 11.1 Å². The fourth-order valence-corrected chi connectivity index (χ4v) is 5.66. The second-order valence-corrected chi connectivity index (χ2v) is 9.63. The zero-order chi connectivity index (χ0) is 20.9.